The molecule has 0 amide bonds. The molecular weight excluding hydrogens is 323 g/mol. The zero-order valence-corrected chi connectivity index (χ0v) is 14.2. The van der Waals surface area contributed by atoms with E-state index in [2.05, 4.69) is 6.58 Å². The van der Waals surface area contributed by atoms with Gasteiger partial charge in [0.05, 0.1) is 23.3 Å². The van der Waals surface area contributed by atoms with Crippen LogP contribution in [0.15, 0.2) is 85.6 Å². The van der Waals surface area contributed by atoms with Gasteiger partial charge in [-0.05, 0) is 23.3 Å². The van der Waals surface area contributed by atoms with Crippen LogP contribution in [0.2, 0.25) is 0 Å². The molecule has 3 aromatic rings. The van der Waals surface area contributed by atoms with E-state index in [1.54, 1.807) is 12.3 Å². The molecule has 1 aliphatic carbocycles. The fraction of sp³-hybridized carbons (Fsp3) is 0.0435. The normalized spacial score (nSPS) is 15.7. The number of hydrogen-bond acceptors (Lipinski definition) is 2. The van der Waals surface area contributed by atoms with Crippen molar-refractivity contribution in [2.75, 3.05) is 0 Å². The summed E-state index contributed by atoms with van der Waals surface area (Å²) >= 11 is 0. The van der Waals surface area contributed by atoms with Crippen molar-refractivity contribution < 1.29 is 4.39 Å². The van der Waals surface area contributed by atoms with E-state index in [9.17, 15) is 4.39 Å². The third-order valence-corrected chi connectivity index (χ3v) is 4.35. The molecule has 2 nitrogen and oxygen atoms in total. The average Bonchev–Trinajstić information content (AvgIpc) is 2.67. The van der Waals surface area contributed by atoms with Crippen LogP contribution in [0.5, 0.6) is 0 Å². The Kier molecular flexibility index (Phi) is 4.28. The van der Waals surface area contributed by atoms with E-state index >= 15 is 0 Å². The Labute approximate surface area is 152 Å². The van der Waals surface area contributed by atoms with Gasteiger partial charge in [-0.25, -0.2) is 9.37 Å². The minimum atomic E-state index is -0.281. The molecule has 0 N–H and O–H groups in total. The largest absolute Gasteiger partial charge is 0.252 e. The topological polar surface area (TPSA) is 25.8 Å². The van der Waals surface area contributed by atoms with Gasteiger partial charge in [0.2, 0.25) is 0 Å². The van der Waals surface area contributed by atoms with Crippen LogP contribution in [0.4, 0.5) is 4.39 Å². The molecule has 1 aromatic heterocycles. The minimum absolute atomic E-state index is 0.281. The van der Waals surface area contributed by atoms with Gasteiger partial charge in [0.25, 0.3) is 0 Å². The van der Waals surface area contributed by atoms with Gasteiger partial charge < -0.3 is 0 Å². The first kappa shape index (κ1) is 16.2. The maximum absolute atomic E-state index is 13.6. The SMILES string of the molecule is C=C1/C=C\C=C/Cc2nc(-c3cccc(F)c3)cnc2-c2ccccc21. The molecule has 3 heteroatoms. The Morgan fingerprint density at radius 2 is 1.81 bits per heavy atom. The van der Waals surface area contributed by atoms with Crippen LogP contribution >= 0.6 is 0 Å². The lowest BCUT2D eigenvalue weighted by Crippen LogP contribution is -2.01. The predicted molar refractivity (Wildman–Crippen MR) is 104 cm³/mol. The van der Waals surface area contributed by atoms with E-state index in [0.29, 0.717) is 12.1 Å². The van der Waals surface area contributed by atoms with E-state index in [4.69, 9.17) is 9.97 Å². The first-order chi connectivity index (χ1) is 12.7. The quantitative estimate of drug-likeness (QED) is 0.573. The van der Waals surface area contributed by atoms with Gasteiger partial charge in [0, 0.05) is 17.5 Å². The number of nitrogens with zero attached hydrogens (tertiary/aromatic N) is 2. The summed E-state index contributed by atoms with van der Waals surface area (Å²) in [6, 6.07) is 14.5. The van der Waals surface area contributed by atoms with E-state index in [0.717, 1.165) is 33.7 Å². The first-order valence-electron chi connectivity index (χ1n) is 8.46. The van der Waals surface area contributed by atoms with Crippen LogP contribution in [0, 0.1) is 5.82 Å². The maximum atomic E-state index is 13.6. The Morgan fingerprint density at radius 1 is 0.962 bits per heavy atom. The first-order valence-corrected chi connectivity index (χ1v) is 8.46. The van der Waals surface area contributed by atoms with Crippen molar-refractivity contribution in [3.63, 3.8) is 0 Å². The molecular formula is C23H17FN2. The zero-order valence-electron chi connectivity index (χ0n) is 14.2. The average molecular weight is 340 g/mol. The molecule has 0 saturated carbocycles. The molecule has 0 aliphatic heterocycles. The summed E-state index contributed by atoms with van der Waals surface area (Å²) in [5.74, 6) is -0.281. The summed E-state index contributed by atoms with van der Waals surface area (Å²) in [4.78, 5) is 9.48. The van der Waals surface area contributed by atoms with Crippen molar-refractivity contribution in [3.8, 4) is 22.5 Å². The lowest BCUT2D eigenvalue weighted by Gasteiger charge is -2.14. The van der Waals surface area contributed by atoms with Crippen LogP contribution in [0.1, 0.15) is 11.3 Å². The Morgan fingerprint density at radius 3 is 2.65 bits per heavy atom. The highest BCUT2D eigenvalue weighted by Gasteiger charge is 2.15. The molecule has 0 spiro atoms. The van der Waals surface area contributed by atoms with E-state index in [1.807, 2.05) is 54.6 Å². The van der Waals surface area contributed by atoms with E-state index in [1.165, 1.54) is 12.1 Å². The third kappa shape index (κ3) is 3.11. The summed E-state index contributed by atoms with van der Waals surface area (Å²) in [6.07, 6.45) is 10.4. The summed E-state index contributed by atoms with van der Waals surface area (Å²) in [5, 5.41) is 0. The minimum Gasteiger partial charge on any atom is -0.252 e. The van der Waals surface area contributed by atoms with Crippen molar-refractivity contribution in [1.82, 2.24) is 9.97 Å². The van der Waals surface area contributed by atoms with Gasteiger partial charge in [-0.2, -0.15) is 0 Å². The van der Waals surface area contributed by atoms with Gasteiger partial charge in [-0.15, -0.1) is 0 Å². The molecule has 2 aromatic carbocycles. The number of halogens is 1. The van der Waals surface area contributed by atoms with Crippen LogP contribution in [-0.4, -0.2) is 9.97 Å². The van der Waals surface area contributed by atoms with Gasteiger partial charge in [-0.3, -0.25) is 4.98 Å². The van der Waals surface area contributed by atoms with E-state index in [-0.39, 0.29) is 5.82 Å². The molecule has 0 radical (unpaired) electrons. The number of rotatable bonds is 1. The fourth-order valence-corrected chi connectivity index (χ4v) is 3.07. The van der Waals surface area contributed by atoms with Crippen molar-refractivity contribution in [3.05, 3.63) is 103 Å². The molecule has 4 rings (SSSR count). The van der Waals surface area contributed by atoms with E-state index < -0.39 is 0 Å². The monoisotopic (exact) mass is 340 g/mol. The number of aromatic nitrogens is 2. The lowest BCUT2D eigenvalue weighted by molar-refractivity contribution is 0.628. The highest BCUT2D eigenvalue weighted by atomic mass is 19.1. The van der Waals surface area contributed by atoms with Crippen molar-refractivity contribution in [1.29, 1.82) is 0 Å². The molecule has 1 heterocycles. The lowest BCUT2D eigenvalue weighted by atomic mass is 9.95. The highest BCUT2D eigenvalue weighted by Crippen LogP contribution is 2.31. The zero-order chi connectivity index (χ0) is 17.9. The third-order valence-electron chi connectivity index (χ3n) is 4.35. The van der Waals surface area contributed by atoms with Crippen molar-refractivity contribution >= 4 is 5.57 Å². The van der Waals surface area contributed by atoms with Crippen LogP contribution in [0.3, 0.4) is 0 Å². The van der Waals surface area contributed by atoms with Gasteiger partial charge in [-0.1, -0.05) is 67.3 Å². The molecule has 26 heavy (non-hydrogen) atoms. The molecule has 0 atom stereocenters. The van der Waals surface area contributed by atoms with Gasteiger partial charge >= 0.3 is 0 Å². The second-order valence-electron chi connectivity index (χ2n) is 6.12. The van der Waals surface area contributed by atoms with Crippen LogP contribution in [-0.2, 0) is 6.42 Å². The van der Waals surface area contributed by atoms with Crippen LogP contribution < -0.4 is 0 Å². The Balaban J connectivity index is 1.90. The van der Waals surface area contributed by atoms with Crippen molar-refractivity contribution in [2.45, 2.75) is 6.42 Å². The summed E-state index contributed by atoms with van der Waals surface area (Å²) in [7, 11) is 0. The second-order valence-corrected chi connectivity index (χ2v) is 6.12. The summed E-state index contributed by atoms with van der Waals surface area (Å²) in [5.41, 5.74) is 6.05. The highest BCUT2D eigenvalue weighted by molar-refractivity contribution is 5.84. The molecule has 0 unspecified atom stereocenters. The molecule has 1 aliphatic rings. The maximum Gasteiger partial charge on any atom is 0.123 e. The number of fused-ring (bicyclic) bond motifs is 3. The smallest absolute Gasteiger partial charge is 0.123 e. The number of allylic oxidation sites excluding steroid dienone is 5. The molecule has 0 fully saturated rings. The molecule has 0 saturated heterocycles. The number of hydrogen-bond donors (Lipinski definition) is 0. The van der Waals surface area contributed by atoms with Crippen molar-refractivity contribution in [2.24, 2.45) is 0 Å². The van der Waals surface area contributed by atoms with Gasteiger partial charge in [0.15, 0.2) is 0 Å². The predicted octanol–water partition coefficient (Wildman–Crippen LogP) is 5.63. The van der Waals surface area contributed by atoms with Gasteiger partial charge in [0.1, 0.15) is 5.82 Å². The fourth-order valence-electron chi connectivity index (χ4n) is 3.07. The molecule has 0 bridgehead atoms. The number of benzene rings is 2. The summed E-state index contributed by atoms with van der Waals surface area (Å²) in [6.45, 7) is 4.17. The Bertz CT molecular complexity index is 1050. The second kappa shape index (κ2) is 6.89. The molecule has 126 valence electrons. The standard InChI is InChI=1S/C23H17FN2/c1-16-8-3-2-4-13-21-23(20-12-6-5-11-19(16)20)25-15-22(26-21)17-9-7-10-18(24)14-17/h2-12,14-15H,1,13H2/b4-2-,8-3-. The Hall–Kier alpha value is -3.33. The van der Waals surface area contributed by atoms with Crippen LogP contribution in [0.25, 0.3) is 28.1 Å². The summed E-state index contributed by atoms with van der Waals surface area (Å²) < 4.78 is 13.6.